The molecule has 158 valence electrons. The molecule has 1 fully saturated rings. The molecule has 0 spiro atoms. The van der Waals surface area contributed by atoms with E-state index in [-0.39, 0.29) is 30.9 Å². The molecule has 0 bridgehead atoms. The van der Waals surface area contributed by atoms with Crippen LogP contribution in [0, 0.1) is 0 Å². The van der Waals surface area contributed by atoms with Crippen LogP contribution in [-0.2, 0) is 25.6 Å². The first-order valence-corrected chi connectivity index (χ1v) is 9.39. The molecule has 3 atom stereocenters. The van der Waals surface area contributed by atoms with E-state index in [0.717, 1.165) is 6.42 Å². The summed E-state index contributed by atoms with van der Waals surface area (Å²) < 4.78 is 0. The molecular formula is C19H26N4O6. The van der Waals surface area contributed by atoms with E-state index in [2.05, 4.69) is 16.0 Å². The number of aliphatic carboxylic acids is 1. The zero-order chi connectivity index (χ0) is 21.4. The highest BCUT2D eigenvalue weighted by molar-refractivity contribution is 5.92. The Hall–Kier alpha value is -3.14. The summed E-state index contributed by atoms with van der Waals surface area (Å²) in [6, 6.07) is 3.39. The van der Waals surface area contributed by atoms with Crippen LogP contribution < -0.4 is 21.7 Å². The molecule has 2 rings (SSSR count). The van der Waals surface area contributed by atoms with Gasteiger partial charge >= 0.3 is 5.97 Å². The maximum absolute atomic E-state index is 12.7. The molecule has 1 aromatic carbocycles. The van der Waals surface area contributed by atoms with E-state index in [9.17, 15) is 29.4 Å². The number of amides is 3. The minimum Gasteiger partial charge on any atom is -0.508 e. The quantitative estimate of drug-likeness (QED) is 0.289. The molecule has 7 N–H and O–H groups in total. The number of nitrogens with two attached hydrogens (primary N) is 1. The van der Waals surface area contributed by atoms with Gasteiger partial charge < -0.3 is 31.9 Å². The molecule has 10 heteroatoms. The van der Waals surface area contributed by atoms with Gasteiger partial charge in [0.1, 0.15) is 17.8 Å². The Bertz CT molecular complexity index is 746. The van der Waals surface area contributed by atoms with Crippen LogP contribution in [0.2, 0.25) is 0 Å². The third-order valence-electron chi connectivity index (χ3n) is 4.68. The van der Waals surface area contributed by atoms with Crippen molar-refractivity contribution in [3.63, 3.8) is 0 Å². The number of phenols is 1. The summed E-state index contributed by atoms with van der Waals surface area (Å²) >= 11 is 0. The molecule has 0 aliphatic carbocycles. The van der Waals surface area contributed by atoms with E-state index < -0.39 is 35.9 Å². The van der Waals surface area contributed by atoms with Crippen molar-refractivity contribution in [2.75, 3.05) is 6.54 Å². The van der Waals surface area contributed by atoms with Gasteiger partial charge in [-0.1, -0.05) is 12.1 Å². The number of carboxylic acid groups (broad SMARTS) is 1. The highest BCUT2D eigenvalue weighted by Gasteiger charge is 2.30. The van der Waals surface area contributed by atoms with Gasteiger partial charge in [0.05, 0.1) is 6.04 Å². The number of primary amides is 1. The monoisotopic (exact) mass is 406 g/mol. The third kappa shape index (κ3) is 7.07. The highest BCUT2D eigenvalue weighted by atomic mass is 16.4. The molecule has 0 saturated carbocycles. The molecule has 1 heterocycles. The first-order chi connectivity index (χ1) is 13.8. The lowest BCUT2D eigenvalue weighted by atomic mass is 10.0. The van der Waals surface area contributed by atoms with Gasteiger partial charge in [-0.25, -0.2) is 4.79 Å². The predicted octanol–water partition coefficient (Wildman–Crippen LogP) is -0.994. The SMILES string of the molecule is NC(=O)CC[C@H](NC(=O)[C@H](Cc1ccc(O)cc1)NC(=O)[C@@H]1CCCN1)C(=O)O. The van der Waals surface area contributed by atoms with Crippen molar-refractivity contribution in [1.82, 2.24) is 16.0 Å². The van der Waals surface area contributed by atoms with E-state index in [1.165, 1.54) is 12.1 Å². The number of aromatic hydroxyl groups is 1. The normalized spacial score (nSPS) is 17.9. The molecule has 0 unspecified atom stereocenters. The Kier molecular flexibility index (Phi) is 7.96. The van der Waals surface area contributed by atoms with Crippen molar-refractivity contribution in [3.05, 3.63) is 29.8 Å². The van der Waals surface area contributed by atoms with Crippen molar-refractivity contribution in [1.29, 1.82) is 0 Å². The van der Waals surface area contributed by atoms with Crippen LogP contribution in [0.25, 0.3) is 0 Å². The van der Waals surface area contributed by atoms with Crippen molar-refractivity contribution in [2.45, 2.75) is 50.2 Å². The van der Waals surface area contributed by atoms with E-state index in [4.69, 9.17) is 5.73 Å². The third-order valence-corrected chi connectivity index (χ3v) is 4.68. The summed E-state index contributed by atoms with van der Waals surface area (Å²) in [4.78, 5) is 47.6. The van der Waals surface area contributed by atoms with Crippen LogP contribution in [0.5, 0.6) is 5.75 Å². The molecule has 0 aromatic heterocycles. The van der Waals surface area contributed by atoms with Crippen LogP contribution in [-0.4, -0.2) is 58.6 Å². The van der Waals surface area contributed by atoms with Gasteiger partial charge in [0.2, 0.25) is 17.7 Å². The number of carbonyl (C=O) groups excluding carboxylic acids is 3. The van der Waals surface area contributed by atoms with Crippen molar-refractivity contribution >= 4 is 23.7 Å². The Balaban J connectivity index is 2.11. The second kappa shape index (κ2) is 10.4. The van der Waals surface area contributed by atoms with Gasteiger partial charge in [0.15, 0.2) is 0 Å². The fourth-order valence-corrected chi connectivity index (χ4v) is 3.07. The van der Waals surface area contributed by atoms with Gasteiger partial charge in [-0.15, -0.1) is 0 Å². The summed E-state index contributed by atoms with van der Waals surface area (Å²) in [6.07, 6.45) is 1.25. The second-order valence-electron chi connectivity index (χ2n) is 6.99. The molecule has 1 aromatic rings. The zero-order valence-corrected chi connectivity index (χ0v) is 15.9. The number of benzene rings is 1. The maximum Gasteiger partial charge on any atom is 0.326 e. The Morgan fingerprint density at radius 3 is 2.38 bits per heavy atom. The zero-order valence-electron chi connectivity index (χ0n) is 15.9. The molecule has 0 radical (unpaired) electrons. The van der Waals surface area contributed by atoms with Crippen molar-refractivity contribution in [3.8, 4) is 5.75 Å². The highest BCUT2D eigenvalue weighted by Crippen LogP contribution is 2.13. The number of phenolic OH excluding ortho intramolecular Hbond substituents is 1. The Morgan fingerprint density at radius 2 is 1.83 bits per heavy atom. The molecule has 3 amide bonds. The van der Waals surface area contributed by atoms with E-state index in [0.29, 0.717) is 18.5 Å². The lowest BCUT2D eigenvalue weighted by molar-refractivity contribution is -0.142. The average Bonchev–Trinajstić information content (AvgIpc) is 3.20. The van der Waals surface area contributed by atoms with Crippen molar-refractivity contribution in [2.24, 2.45) is 5.73 Å². The largest absolute Gasteiger partial charge is 0.508 e. The lowest BCUT2D eigenvalue weighted by Gasteiger charge is -2.23. The van der Waals surface area contributed by atoms with Crippen LogP contribution in [0.3, 0.4) is 0 Å². The molecule has 10 nitrogen and oxygen atoms in total. The predicted molar refractivity (Wildman–Crippen MR) is 103 cm³/mol. The molecule has 1 aliphatic rings. The molecule has 29 heavy (non-hydrogen) atoms. The number of hydrogen-bond donors (Lipinski definition) is 6. The van der Waals surface area contributed by atoms with E-state index >= 15 is 0 Å². The topological polar surface area (TPSA) is 171 Å². The summed E-state index contributed by atoms with van der Waals surface area (Å²) in [5.74, 6) is -2.93. The number of carboxylic acids is 1. The van der Waals surface area contributed by atoms with Crippen LogP contribution >= 0.6 is 0 Å². The smallest absolute Gasteiger partial charge is 0.326 e. The molecule has 1 aliphatic heterocycles. The first kappa shape index (κ1) is 22.2. The van der Waals surface area contributed by atoms with Gasteiger partial charge in [-0.3, -0.25) is 14.4 Å². The van der Waals surface area contributed by atoms with Gasteiger partial charge in [0, 0.05) is 12.8 Å². The lowest BCUT2D eigenvalue weighted by Crippen LogP contribution is -2.55. The number of nitrogens with one attached hydrogen (secondary N) is 3. The Labute approximate surface area is 167 Å². The summed E-state index contributed by atoms with van der Waals surface area (Å²) in [6.45, 7) is 0.709. The Morgan fingerprint density at radius 1 is 1.14 bits per heavy atom. The fraction of sp³-hybridized carbons (Fsp3) is 0.474. The molecular weight excluding hydrogens is 380 g/mol. The maximum atomic E-state index is 12.7. The summed E-state index contributed by atoms with van der Waals surface area (Å²) in [5, 5.41) is 26.8. The molecule has 1 saturated heterocycles. The number of carbonyl (C=O) groups is 4. The summed E-state index contributed by atoms with van der Waals surface area (Å²) in [5.41, 5.74) is 5.73. The van der Waals surface area contributed by atoms with E-state index in [1.807, 2.05) is 0 Å². The minimum absolute atomic E-state index is 0.0614. The van der Waals surface area contributed by atoms with Gasteiger partial charge in [0.25, 0.3) is 0 Å². The van der Waals surface area contributed by atoms with Gasteiger partial charge in [-0.05, 0) is 43.5 Å². The van der Waals surface area contributed by atoms with Gasteiger partial charge in [-0.2, -0.15) is 0 Å². The summed E-state index contributed by atoms with van der Waals surface area (Å²) in [7, 11) is 0. The van der Waals surface area contributed by atoms with Crippen LogP contribution in [0.15, 0.2) is 24.3 Å². The van der Waals surface area contributed by atoms with E-state index in [1.54, 1.807) is 12.1 Å². The fourth-order valence-electron chi connectivity index (χ4n) is 3.07. The average molecular weight is 406 g/mol. The van der Waals surface area contributed by atoms with Crippen LogP contribution in [0.4, 0.5) is 0 Å². The standard InChI is InChI=1S/C19H26N4O6/c20-16(25)8-7-14(19(28)29)22-18(27)15(10-11-3-5-12(24)6-4-11)23-17(26)13-2-1-9-21-13/h3-6,13-15,21,24H,1-2,7-10H2,(H2,20,25)(H,22,27)(H,23,26)(H,28,29)/t13-,14-,15-/m0/s1. The first-order valence-electron chi connectivity index (χ1n) is 9.39. The number of rotatable bonds is 10. The second-order valence-corrected chi connectivity index (χ2v) is 6.99. The van der Waals surface area contributed by atoms with Crippen molar-refractivity contribution < 1.29 is 29.4 Å². The number of hydrogen-bond acceptors (Lipinski definition) is 6. The van der Waals surface area contributed by atoms with Crippen LogP contribution in [0.1, 0.15) is 31.2 Å². The minimum atomic E-state index is -1.31.